The maximum absolute atomic E-state index is 6.37. The van der Waals surface area contributed by atoms with Crippen LogP contribution in [0.25, 0.3) is 0 Å². The van der Waals surface area contributed by atoms with Crippen LogP contribution in [-0.2, 0) is 17.8 Å². The average Bonchev–Trinajstić information content (AvgIpc) is 2.98. The van der Waals surface area contributed by atoms with Crippen LogP contribution in [-0.4, -0.2) is 37.2 Å². The lowest BCUT2D eigenvalue weighted by Gasteiger charge is -2.36. The molecule has 1 heterocycles. The van der Waals surface area contributed by atoms with E-state index in [0.29, 0.717) is 22.7 Å². The van der Waals surface area contributed by atoms with E-state index in [9.17, 15) is 0 Å². The zero-order valence-electron chi connectivity index (χ0n) is 14.1. The first-order valence-electron chi connectivity index (χ1n) is 8.80. The summed E-state index contributed by atoms with van der Waals surface area (Å²) in [6.45, 7) is 4.72. The molecule has 2 aliphatic rings. The Morgan fingerprint density at radius 1 is 1.04 bits per heavy atom. The molecule has 0 radical (unpaired) electrons. The van der Waals surface area contributed by atoms with Crippen LogP contribution in [0.3, 0.4) is 0 Å². The molecule has 0 saturated carbocycles. The number of hydrogen-bond acceptors (Lipinski definition) is 3. The third-order valence-corrected chi connectivity index (χ3v) is 5.51. The fraction of sp³-hybridized carbons (Fsp3) is 0.400. The predicted octanol–water partition coefficient (Wildman–Crippen LogP) is 4.08. The standard InChI is InChI=1S/C20H22Cl2N2O/c21-16-9-14(10-17(22)12-16)13-25-19-11-15-3-1-2-4-18(15)20(19)24-7-5-23-6-8-24/h1-4,9-10,12,19-20,23H,5-8,11,13H2. The monoisotopic (exact) mass is 376 g/mol. The van der Waals surface area contributed by atoms with Crippen LogP contribution >= 0.6 is 23.2 Å². The summed E-state index contributed by atoms with van der Waals surface area (Å²) in [5.74, 6) is 0. The van der Waals surface area contributed by atoms with Crippen molar-refractivity contribution in [3.63, 3.8) is 0 Å². The Morgan fingerprint density at radius 2 is 1.76 bits per heavy atom. The highest BCUT2D eigenvalue weighted by atomic mass is 35.5. The first-order chi connectivity index (χ1) is 12.2. The molecule has 2 aromatic carbocycles. The summed E-state index contributed by atoms with van der Waals surface area (Å²) in [5.41, 5.74) is 3.84. The molecule has 3 nitrogen and oxygen atoms in total. The number of halogens is 2. The highest BCUT2D eigenvalue weighted by Crippen LogP contribution is 2.38. The van der Waals surface area contributed by atoms with Crippen LogP contribution in [0, 0.1) is 0 Å². The van der Waals surface area contributed by atoms with Gasteiger partial charge >= 0.3 is 0 Å². The van der Waals surface area contributed by atoms with Crippen LogP contribution in [0.4, 0.5) is 0 Å². The van der Waals surface area contributed by atoms with E-state index in [1.165, 1.54) is 11.1 Å². The number of nitrogens with one attached hydrogen (secondary N) is 1. The van der Waals surface area contributed by atoms with Gasteiger partial charge in [-0.1, -0.05) is 47.5 Å². The molecular formula is C20H22Cl2N2O. The largest absolute Gasteiger partial charge is 0.371 e. The summed E-state index contributed by atoms with van der Waals surface area (Å²) >= 11 is 12.2. The van der Waals surface area contributed by atoms with Gasteiger partial charge in [-0.2, -0.15) is 0 Å². The van der Waals surface area contributed by atoms with E-state index in [4.69, 9.17) is 27.9 Å². The van der Waals surface area contributed by atoms with Crippen molar-refractivity contribution in [2.75, 3.05) is 26.2 Å². The van der Waals surface area contributed by atoms with E-state index in [2.05, 4.69) is 34.5 Å². The molecular weight excluding hydrogens is 355 g/mol. The van der Waals surface area contributed by atoms with Crippen molar-refractivity contribution in [3.8, 4) is 0 Å². The van der Waals surface area contributed by atoms with Gasteiger partial charge in [0.15, 0.2) is 0 Å². The lowest BCUT2D eigenvalue weighted by molar-refractivity contribution is -0.0188. The van der Waals surface area contributed by atoms with Crippen molar-refractivity contribution < 1.29 is 4.74 Å². The highest BCUT2D eigenvalue weighted by molar-refractivity contribution is 6.34. The Labute approximate surface area is 158 Å². The van der Waals surface area contributed by atoms with Crippen LogP contribution < -0.4 is 5.32 Å². The molecule has 2 aromatic rings. The maximum Gasteiger partial charge on any atom is 0.0816 e. The van der Waals surface area contributed by atoms with Gasteiger partial charge in [0.25, 0.3) is 0 Å². The van der Waals surface area contributed by atoms with Crippen molar-refractivity contribution in [1.29, 1.82) is 0 Å². The third-order valence-electron chi connectivity index (χ3n) is 5.08. The summed E-state index contributed by atoms with van der Waals surface area (Å²) < 4.78 is 6.37. The Morgan fingerprint density at radius 3 is 2.52 bits per heavy atom. The average molecular weight is 377 g/mol. The number of nitrogens with zero attached hydrogens (tertiary/aromatic N) is 1. The molecule has 25 heavy (non-hydrogen) atoms. The van der Waals surface area contributed by atoms with Gasteiger partial charge in [-0.15, -0.1) is 0 Å². The van der Waals surface area contributed by atoms with Gasteiger partial charge in [-0.25, -0.2) is 0 Å². The SMILES string of the molecule is Clc1cc(Cl)cc(COC2Cc3ccccc3C2N2CCNCC2)c1. The molecule has 1 N–H and O–H groups in total. The zero-order valence-corrected chi connectivity index (χ0v) is 15.6. The van der Waals surface area contributed by atoms with Crippen molar-refractivity contribution >= 4 is 23.2 Å². The molecule has 5 heteroatoms. The van der Waals surface area contributed by atoms with Gasteiger partial charge in [0, 0.05) is 42.6 Å². The smallest absolute Gasteiger partial charge is 0.0816 e. The van der Waals surface area contributed by atoms with E-state index in [0.717, 1.165) is 38.2 Å². The molecule has 0 aromatic heterocycles. The third kappa shape index (κ3) is 3.86. The fourth-order valence-corrected chi connectivity index (χ4v) is 4.55. The minimum absolute atomic E-state index is 0.160. The van der Waals surface area contributed by atoms with E-state index < -0.39 is 0 Å². The van der Waals surface area contributed by atoms with Gasteiger partial charge < -0.3 is 10.1 Å². The minimum Gasteiger partial charge on any atom is -0.371 e. The van der Waals surface area contributed by atoms with Crippen molar-refractivity contribution in [2.45, 2.75) is 25.2 Å². The molecule has 132 valence electrons. The first kappa shape index (κ1) is 17.3. The van der Waals surface area contributed by atoms with Gasteiger partial charge in [0.05, 0.1) is 18.8 Å². The maximum atomic E-state index is 6.37. The Balaban J connectivity index is 1.53. The summed E-state index contributed by atoms with van der Waals surface area (Å²) in [7, 11) is 0. The second-order valence-corrected chi connectivity index (χ2v) is 7.63. The predicted molar refractivity (Wildman–Crippen MR) is 102 cm³/mol. The van der Waals surface area contributed by atoms with E-state index >= 15 is 0 Å². The van der Waals surface area contributed by atoms with Crippen LogP contribution in [0.15, 0.2) is 42.5 Å². The lowest BCUT2D eigenvalue weighted by Crippen LogP contribution is -2.47. The molecule has 0 amide bonds. The second kappa shape index (κ2) is 7.65. The molecule has 1 saturated heterocycles. The highest BCUT2D eigenvalue weighted by Gasteiger charge is 2.37. The van der Waals surface area contributed by atoms with E-state index in [1.54, 1.807) is 6.07 Å². The van der Waals surface area contributed by atoms with Crippen LogP contribution in [0.5, 0.6) is 0 Å². The van der Waals surface area contributed by atoms with Gasteiger partial charge in [0.1, 0.15) is 0 Å². The molecule has 2 unspecified atom stereocenters. The lowest BCUT2D eigenvalue weighted by atomic mass is 10.1. The van der Waals surface area contributed by atoms with Gasteiger partial charge in [0.2, 0.25) is 0 Å². The molecule has 0 spiro atoms. The number of hydrogen-bond donors (Lipinski definition) is 1. The number of piperazine rings is 1. The Kier molecular flexibility index (Phi) is 5.30. The van der Waals surface area contributed by atoms with Crippen molar-refractivity contribution in [3.05, 3.63) is 69.2 Å². The minimum atomic E-state index is 0.160. The van der Waals surface area contributed by atoms with Crippen molar-refractivity contribution in [2.24, 2.45) is 0 Å². The van der Waals surface area contributed by atoms with E-state index in [1.807, 2.05) is 12.1 Å². The molecule has 1 aliphatic heterocycles. The van der Waals surface area contributed by atoms with Gasteiger partial charge in [-0.05, 0) is 34.9 Å². The molecule has 4 rings (SSSR count). The summed E-state index contributed by atoms with van der Waals surface area (Å²) in [4.78, 5) is 2.55. The summed E-state index contributed by atoms with van der Waals surface area (Å²) in [5, 5.41) is 4.74. The molecule has 0 bridgehead atoms. The van der Waals surface area contributed by atoms with Crippen molar-refractivity contribution in [1.82, 2.24) is 10.2 Å². The topological polar surface area (TPSA) is 24.5 Å². The molecule has 2 atom stereocenters. The number of fused-ring (bicyclic) bond motifs is 1. The summed E-state index contributed by atoms with van der Waals surface area (Å²) in [6, 6.07) is 14.7. The van der Waals surface area contributed by atoms with Gasteiger partial charge in [-0.3, -0.25) is 4.90 Å². The summed E-state index contributed by atoms with van der Waals surface area (Å²) in [6.07, 6.45) is 1.12. The number of rotatable bonds is 4. The van der Waals surface area contributed by atoms with Crippen LogP contribution in [0.2, 0.25) is 10.0 Å². The molecule has 1 aliphatic carbocycles. The van der Waals surface area contributed by atoms with E-state index in [-0.39, 0.29) is 6.10 Å². The number of ether oxygens (including phenoxy) is 1. The van der Waals surface area contributed by atoms with Crippen LogP contribution in [0.1, 0.15) is 22.7 Å². The number of benzene rings is 2. The zero-order chi connectivity index (χ0) is 17.2. The molecule has 1 fully saturated rings. The quantitative estimate of drug-likeness (QED) is 0.869. The normalized spacial score (nSPS) is 23.6. The first-order valence-corrected chi connectivity index (χ1v) is 9.55. The Hall–Kier alpha value is -1.10. The Bertz CT molecular complexity index is 726. The fourth-order valence-electron chi connectivity index (χ4n) is 3.98. The second-order valence-electron chi connectivity index (χ2n) is 6.76.